The number of rotatable bonds is 8. The number of carbonyl (C=O) groups excluding carboxylic acids is 1. The Hall–Kier alpha value is -1.29. The van der Waals surface area contributed by atoms with E-state index in [-0.39, 0.29) is 29.9 Å². The van der Waals surface area contributed by atoms with Gasteiger partial charge < -0.3 is 24.7 Å². The molecule has 8 heteroatoms. The first-order chi connectivity index (χ1) is 12.6. The van der Waals surface area contributed by atoms with Crippen LogP contribution in [0.25, 0.3) is 0 Å². The van der Waals surface area contributed by atoms with Crippen molar-refractivity contribution in [1.82, 2.24) is 15.5 Å². The maximum Gasteiger partial charge on any atom is 0.287 e. The molecule has 2 heterocycles. The number of aliphatic imine (C=N–C) groups is 1. The Morgan fingerprint density at radius 1 is 1.30 bits per heavy atom. The fourth-order valence-electron chi connectivity index (χ4n) is 3.08. The molecule has 1 aromatic heterocycles. The van der Waals surface area contributed by atoms with E-state index >= 15 is 0 Å². The lowest BCUT2D eigenvalue weighted by molar-refractivity contribution is 0.0625. The molecule has 0 aromatic carbocycles. The first-order valence-electron chi connectivity index (χ1n) is 9.43. The first-order valence-corrected chi connectivity index (χ1v) is 9.43. The second-order valence-corrected chi connectivity index (χ2v) is 6.78. The summed E-state index contributed by atoms with van der Waals surface area (Å²) < 4.78 is 10.6. The molecule has 0 atom stereocenters. The highest BCUT2D eigenvalue weighted by Gasteiger charge is 2.15. The van der Waals surface area contributed by atoms with Gasteiger partial charge in [-0.25, -0.2) is 0 Å². The van der Waals surface area contributed by atoms with Crippen LogP contribution in [0.5, 0.6) is 0 Å². The number of hydrogen-bond donors (Lipinski definition) is 2. The molecule has 0 radical (unpaired) electrons. The number of nitrogens with one attached hydrogen (secondary N) is 2. The lowest BCUT2D eigenvalue weighted by Crippen LogP contribution is -2.41. The number of furan rings is 1. The Balaban J connectivity index is 0.00000364. The van der Waals surface area contributed by atoms with E-state index in [0.29, 0.717) is 12.3 Å². The highest BCUT2D eigenvalue weighted by Crippen LogP contribution is 2.18. The number of hydrogen-bond acceptors (Lipinski definition) is 4. The van der Waals surface area contributed by atoms with Crippen molar-refractivity contribution in [1.29, 1.82) is 0 Å². The quantitative estimate of drug-likeness (QED) is 0.253. The van der Waals surface area contributed by atoms with Crippen LogP contribution in [0, 0.1) is 12.8 Å². The minimum atomic E-state index is -0.162. The predicted molar refractivity (Wildman–Crippen MR) is 118 cm³/mol. The molecule has 0 bridgehead atoms. The minimum absolute atomic E-state index is 0. The van der Waals surface area contributed by atoms with Crippen LogP contribution in [0.4, 0.5) is 0 Å². The van der Waals surface area contributed by atoms with E-state index in [4.69, 9.17) is 9.15 Å². The number of nitrogens with zero attached hydrogens (tertiary/aromatic N) is 2. The highest BCUT2D eigenvalue weighted by atomic mass is 127. The number of aryl methyl sites for hydroxylation is 1. The number of guanidine groups is 1. The van der Waals surface area contributed by atoms with E-state index in [1.54, 1.807) is 13.1 Å². The van der Waals surface area contributed by atoms with Crippen LogP contribution in [-0.4, -0.2) is 63.7 Å². The molecule has 0 spiro atoms. The van der Waals surface area contributed by atoms with Gasteiger partial charge in [-0.3, -0.25) is 9.79 Å². The Morgan fingerprint density at radius 2 is 2.00 bits per heavy atom. The van der Waals surface area contributed by atoms with Crippen molar-refractivity contribution in [2.45, 2.75) is 32.6 Å². The molecule has 0 unspecified atom stereocenters. The molecule has 2 N–H and O–H groups in total. The second-order valence-electron chi connectivity index (χ2n) is 6.78. The standard InChI is InChI=1S/C19H32N4O3.HI/c1-15-6-14-26-17(15)18(24)21-9-4-10-22-19(20-2)23(3)11-5-16-7-12-25-13-8-16;/h6,14,16H,4-5,7-13H2,1-3H3,(H,20,22)(H,21,24);1H. The van der Waals surface area contributed by atoms with Gasteiger partial charge in [0.15, 0.2) is 11.7 Å². The zero-order valence-corrected chi connectivity index (χ0v) is 19.0. The summed E-state index contributed by atoms with van der Waals surface area (Å²) >= 11 is 0. The number of amides is 1. The third kappa shape index (κ3) is 8.08. The Labute approximate surface area is 179 Å². The molecule has 1 fully saturated rings. The van der Waals surface area contributed by atoms with E-state index in [9.17, 15) is 4.79 Å². The van der Waals surface area contributed by atoms with Crippen LogP contribution in [0.3, 0.4) is 0 Å². The maximum absolute atomic E-state index is 12.0. The van der Waals surface area contributed by atoms with Gasteiger partial charge in [0.2, 0.25) is 0 Å². The third-order valence-corrected chi connectivity index (χ3v) is 4.78. The lowest BCUT2D eigenvalue weighted by Gasteiger charge is -2.26. The summed E-state index contributed by atoms with van der Waals surface area (Å²) in [7, 11) is 3.87. The van der Waals surface area contributed by atoms with Crippen molar-refractivity contribution < 1.29 is 13.9 Å². The van der Waals surface area contributed by atoms with Gasteiger partial charge in [-0.15, -0.1) is 24.0 Å². The van der Waals surface area contributed by atoms with Crippen molar-refractivity contribution in [3.63, 3.8) is 0 Å². The minimum Gasteiger partial charge on any atom is -0.459 e. The molecule has 2 rings (SSSR count). The normalized spacial score (nSPS) is 15.1. The molecule has 1 aliphatic heterocycles. The van der Waals surface area contributed by atoms with Crippen LogP contribution in [0.1, 0.15) is 41.8 Å². The van der Waals surface area contributed by atoms with Gasteiger partial charge in [0.05, 0.1) is 6.26 Å². The van der Waals surface area contributed by atoms with Gasteiger partial charge in [0, 0.05) is 52.5 Å². The van der Waals surface area contributed by atoms with Gasteiger partial charge in [0.1, 0.15) is 0 Å². The van der Waals surface area contributed by atoms with Crippen LogP contribution in [-0.2, 0) is 4.74 Å². The average Bonchev–Trinajstić information content (AvgIpc) is 3.09. The van der Waals surface area contributed by atoms with Gasteiger partial charge in [-0.1, -0.05) is 0 Å². The zero-order valence-electron chi connectivity index (χ0n) is 16.6. The largest absolute Gasteiger partial charge is 0.459 e. The molecular weight excluding hydrogens is 459 g/mol. The van der Waals surface area contributed by atoms with Crippen LogP contribution in [0.15, 0.2) is 21.7 Å². The van der Waals surface area contributed by atoms with Crippen molar-refractivity contribution in [3.8, 4) is 0 Å². The Bertz CT molecular complexity index is 585. The topological polar surface area (TPSA) is 79.1 Å². The second kappa shape index (κ2) is 13.0. The predicted octanol–water partition coefficient (Wildman–Crippen LogP) is 2.65. The Kier molecular flexibility index (Phi) is 11.4. The summed E-state index contributed by atoms with van der Waals surface area (Å²) in [5, 5.41) is 6.23. The molecule has 0 saturated carbocycles. The molecule has 1 aromatic rings. The monoisotopic (exact) mass is 492 g/mol. The molecule has 154 valence electrons. The summed E-state index contributed by atoms with van der Waals surface area (Å²) in [5.41, 5.74) is 0.854. The van der Waals surface area contributed by atoms with E-state index in [0.717, 1.165) is 63.0 Å². The fraction of sp³-hybridized carbons (Fsp3) is 0.684. The van der Waals surface area contributed by atoms with Gasteiger partial charge in [-0.2, -0.15) is 0 Å². The SMILES string of the molecule is CN=C(NCCCNC(=O)c1occc1C)N(C)CCC1CCOCC1.I. The van der Waals surface area contributed by atoms with Crippen molar-refractivity contribution >= 4 is 35.8 Å². The van der Waals surface area contributed by atoms with E-state index in [1.807, 2.05) is 6.92 Å². The Morgan fingerprint density at radius 3 is 2.63 bits per heavy atom. The smallest absolute Gasteiger partial charge is 0.287 e. The summed E-state index contributed by atoms with van der Waals surface area (Å²) in [4.78, 5) is 18.5. The lowest BCUT2D eigenvalue weighted by atomic mass is 9.96. The van der Waals surface area contributed by atoms with Crippen molar-refractivity contribution in [2.24, 2.45) is 10.9 Å². The molecule has 7 nitrogen and oxygen atoms in total. The molecule has 1 amide bonds. The van der Waals surface area contributed by atoms with Gasteiger partial charge >= 0.3 is 0 Å². The van der Waals surface area contributed by atoms with E-state index < -0.39 is 0 Å². The van der Waals surface area contributed by atoms with E-state index in [2.05, 4.69) is 27.6 Å². The highest BCUT2D eigenvalue weighted by molar-refractivity contribution is 14.0. The number of ether oxygens (including phenoxy) is 1. The summed E-state index contributed by atoms with van der Waals surface area (Å²) in [6, 6.07) is 1.79. The van der Waals surface area contributed by atoms with Crippen LogP contribution >= 0.6 is 24.0 Å². The molecule has 27 heavy (non-hydrogen) atoms. The number of carbonyl (C=O) groups is 1. The summed E-state index contributed by atoms with van der Waals surface area (Å²) in [6.45, 7) is 5.98. The third-order valence-electron chi connectivity index (χ3n) is 4.78. The van der Waals surface area contributed by atoms with Crippen LogP contribution < -0.4 is 10.6 Å². The van der Waals surface area contributed by atoms with Crippen molar-refractivity contribution in [3.05, 3.63) is 23.7 Å². The first kappa shape index (κ1) is 23.7. The van der Waals surface area contributed by atoms with Gasteiger partial charge in [-0.05, 0) is 44.6 Å². The zero-order chi connectivity index (χ0) is 18.8. The van der Waals surface area contributed by atoms with Crippen molar-refractivity contribution in [2.75, 3.05) is 46.9 Å². The number of halogens is 1. The van der Waals surface area contributed by atoms with Crippen LogP contribution in [0.2, 0.25) is 0 Å². The molecule has 0 aliphatic carbocycles. The summed E-state index contributed by atoms with van der Waals surface area (Å²) in [6.07, 6.45) is 5.84. The van der Waals surface area contributed by atoms with Gasteiger partial charge in [0.25, 0.3) is 5.91 Å². The average molecular weight is 492 g/mol. The van der Waals surface area contributed by atoms with E-state index in [1.165, 1.54) is 12.7 Å². The summed E-state index contributed by atoms with van der Waals surface area (Å²) in [5.74, 6) is 1.88. The maximum atomic E-state index is 12.0. The molecule has 1 saturated heterocycles. The molecule has 1 aliphatic rings. The molecular formula is C19H33IN4O3. The fourth-order valence-corrected chi connectivity index (χ4v) is 3.08.